The Morgan fingerprint density at radius 2 is 1.78 bits per heavy atom. The maximum Gasteiger partial charge on any atom is 0.265 e. The lowest BCUT2D eigenvalue weighted by molar-refractivity contribution is -0.122. The van der Waals surface area contributed by atoms with Crippen LogP contribution in [0.1, 0.15) is 27.2 Å². The van der Waals surface area contributed by atoms with Crippen LogP contribution in [0.4, 0.5) is 11.4 Å². The minimum Gasteiger partial charge on any atom is -0.482 e. The number of hydrogen-bond donors (Lipinski definition) is 0. The summed E-state index contributed by atoms with van der Waals surface area (Å²) in [6, 6.07) is 9.74. The number of nitrogens with zero attached hydrogens (tertiary/aromatic N) is 3. The molecule has 3 heterocycles. The second kappa shape index (κ2) is 9.23. The summed E-state index contributed by atoms with van der Waals surface area (Å²) >= 11 is 1.60. The highest BCUT2D eigenvalue weighted by molar-refractivity contribution is 7.11. The number of thiazole rings is 1. The van der Waals surface area contributed by atoms with Crippen LogP contribution in [0.3, 0.4) is 0 Å². The average Bonchev–Trinajstić information content (AvgIpc) is 3.22. The Balaban J connectivity index is 1.51. The van der Waals surface area contributed by atoms with Crippen molar-refractivity contribution in [1.82, 2.24) is 4.98 Å². The van der Waals surface area contributed by atoms with Gasteiger partial charge in [-0.1, -0.05) is 6.08 Å². The quantitative estimate of drug-likeness (QED) is 0.367. The number of benzene rings is 2. The molecule has 1 unspecified atom stereocenters. The smallest absolute Gasteiger partial charge is 0.265 e. The van der Waals surface area contributed by atoms with Crippen molar-refractivity contribution >= 4 is 40.3 Å². The van der Waals surface area contributed by atoms with E-state index < -0.39 is 6.04 Å². The molecule has 36 heavy (non-hydrogen) atoms. The number of aromatic nitrogens is 1. The van der Waals surface area contributed by atoms with E-state index in [2.05, 4.69) is 11.6 Å². The first kappa shape index (κ1) is 23.7. The topological polar surface area (TPSA) is 89.0 Å². The monoisotopic (exact) mass is 503 g/mol. The maximum atomic E-state index is 13.6. The minimum absolute atomic E-state index is 0.0656. The molecular formula is C27H25N3O5S. The van der Waals surface area contributed by atoms with Crippen LogP contribution in [0.2, 0.25) is 0 Å². The van der Waals surface area contributed by atoms with Crippen molar-refractivity contribution < 1.29 is 23.9 Å². The Labute approximate surface area is 212 Å². The number of hydrogen-bond acceptors (Lipinski definition) is 7. The highest BCUT2D eigenvalue weighted by Gasteiger charge is 2.35. The molecule has 184 valence electrons. The number of anilines is 2. The van der Waals surface area contributed by atoms with E-state index in [-0.39, 0.29) is 30.8 Å². The molecule has 2 amide bonds. The highest BCUT2D eigenvalue weighted by Crippen LogP contribution is 2.39. The number of Topliss-reactive ketones (excluding diaryl/α,β-unsaturated/α-hetero) is 1. The number of aryl methyl sites for hydroxylation is 2. The molecule has 0 fully saturated rings. The minimum atomic E-state index is -0.806. The van der Waals surface area contributed by atoms with E-state index >= 15 is 0 Å². The van der Waals surface area contributed by atoms with E-state index in [0.29, 0.717) is 35.0 Å². The summed E-state index contributed by atoms with van der Waals surface area (Å²) in [5.74, 6) is 0.270. The van der Waals surface area contributed by atoms with Gasteiger partial charge in [0.1, 0.15) is 11.5 Å². The third kappa shape index (κ3) is 4.05. The molecule has 0 bridgehead atoms. The predicted molar refractivity (Wildman–Crippen MR) is 138 cm³/mol. The van der Waals surface area contributed by atoms with E-state index in [0.717, 1.165) is 21.1 Å². The summed E-state index contributed by atoms with van der Waals surface area (Å²) in [5, 5.41) is 0.952. The Morgan fingerprint density at radius 1 is 1.08 bits per heavy atom. The predicted octanol–water partition coefficient (Wildman–Crippen LogP) is 4.34. The van der Waals surface area contributed by atoms with Crippen molar-refractivity contribution in [2.24, 2.45) is 0 Å². The lowest BCUT2D eigenvalue weighted by Crippen LogP contribution is -2.48. The molecule has 2 aliphatic rings. The summed E-state index contributed by atoms with van der Waals surface area (Å²) in [6.45, 7) is 9.45. The van der Waals surface area contributed by atoms with Gasteiger partial charge >= 0.3 is 0 Å². The normalized spacial score (nSPS) is 15.5. The SMILES string of the molecule is C=CCN1C(=O)COc2ccc(C(=O)C(C)N3C(=O)COc4ccc(-c5nc(C)sc5C)cc43)cc21. The molecule has 0 spiro atoms. The lowest BCUT2D eigenvalue weighted by Gasteiger charge is -2.34. The number of carbonyl (C=O) groups excluding carboxylic acids is 3. The molecule has 3 aromatic rings. The first-order chi connectivity index (χ1) is 17.3. The first-order valence-electron chi connectivity index (χ1n) is 11.5. The summed E-state index contributed by atoms with van der Waals surface area (Å²) in [6.07, 6.45) is 1.62. The van der Waals surface area contributed by atoms with Crippen molar-refractivity contribution in [2.45, 2.75) is 26.8 Å². The van der Waals surface area contributed by atoms with E-state index in [9.17, 15) is 14.4 Å². The molecular weight excluding hydrogens is 478 g/mol. The number of ketones is 1. The molecule has 0 aliphatic carbocycles. The van der Waals surface area contributed by atoms with Crippen molar-refractivity contribution in [2.75, 3.05) is 29.6 Å². The Bertz CT molecular complexity index is 1410. The third-order valence-corrected chi connectivity index (χ3v) is 7.17. The van der Waals surface area contributed by atoms with Gasteiger partial charge in [-0.25, -0.2) is 4.98 Å². The number of rotatable bonds is 6. The van der Waals surface area contributed by atoms with Crippen LogP contribution < -0.4 is 19.3 Å². The van der Waals surface area contributed by atoms with E-state index in [4.69, 9.17) is 9.47 Å². The van der Waals surface area contributed by atoms with Crippen LogP contribution in [0.5, 0.6) is 11.5 Å². The summed E-state index contributed by atoms with van der Waals surface area (Å²) in [7, 11) is 0. The van der Waals surface area contributed by atoms with Gasteiger partial charge in [0, 0.05) is 22.5 Å². The van der Waals surface area contributed by atoms with E-state index in [1.54, 1.807) is 42.5 Å². The van der Waals surface area contributed by atoms with Gasteiger partial charge in [0.15, 0.2) is 19.0 Å². The summed E-state index contributed by atoms with van der Waals surface area (Å²) in [5.41, 5.74) is 3.10. The number of carbonyl (C=O) groups is 3. The van der Waals surface area contributed by atoms with Crippen molar-refractivity contribution in [3.63, 3.8) is 0 Å². The molecule has 9 heteroatoms. The van der Waals surface area contributed by atoms with Gasteiger partial charge in [-0.15, -0.1) is 17.9 Å². The van der Waals surface area contributed by atoms with Gasteiger partial charge < -0.3 is 14.4 Å². The molecule has 0 N–H and O–H groups in total. The van der Waals surface area contributed by atoms with Gasteiger partial charge in [-0.05, 0) is 57.2 Å². The summed E-state index contributed by atoms with van der Waals surface area (Å²) in [4.78, 5) is 47.7. The fraction of sp³-hybridized carbons (Fsp3) is 0.259. The standard InChI is InChI=1S/C27H25N3O5S/c1-5-10-29-20-12-19(7-9-22(20)34-13-24(29)31)27(33)15(2)30-21-11-18(26-16(3)36-17(4)28-26)6-8-23(21)35-14-25(30)32/h5-9,11-12,15H,1,10,13-14H2,2-4H3. The fourth-order valence-corrected chi connectivity index (χ4v) is 5.42. The Hall–Kier alpha value is -3.98. The first-order valence-corrected chi connectivity index (χ1v) is 12.4. The van der Waals surface area contributed by atoms with Crippen LogP contribution in [-0.2, 0) is 9.59 Å². The second-order valence-corrected chi connectivity index (χ2v) is 10.1. The Morgan fingerprint density at radius 3 is 2.47 bits per heavy atom. The number of amides is 2. The molecule has 1 atom stereocenters. The molecule has 8 nitrogen and oxygen atoms in total. The van der Waals surface area contributed by atoms with Gasteiger partial charge in [0.25, 0.3) is 11.8 Å². The van der Waals surface area contributed by atoms with Gasteiger partial charge in [0.2, 0.25) is 0 Å². The Kier molecular flexibility index (Phi) is 6.09. The van der Waals surface area contributed by atoms with Gasteiger partial charge in [0.05, 0.1) is 28.1 Å². The molecule has 0 saturated carbocycles. The van der Waals surface area contributed by atoms with Crippen LogP contribution in [-0.4, -0.2) is 48.4 Å². The van der Waals surface area contributed by atoms with Crippen LogP contribution >= 0.6 is 11.3 Å². The lowest BCUT2D eigenvalue weighted by atomic mass is 10.00. The zero-order chi connectivity index (χ0) is 25.6. The van der Waals surface area contributed by atoms with Gasteiger partial charge in [-0.2, -0.15) is 0 Å². The number of ether oxygens (including phenoxy) is 2. The van der Waals surface area contributed by atoms with Crippen LogP contribution in [0.15, 0.2) is 49.1 Å². The van der Waals surface area contributed by atoms with E-state index in [1.807, 2.05) is 32.0 Å². The highest BCUT2D eigenvalue weighted by atomic mass is 32.1. The van der Waals surface area contributed by atoms with Crippen LogP contribution in [0.25, 0.3) is 11.3 Å². The van der Waals surface area contributed by atoms with Crippen LogP contribution in [0, 0.1) is 13.8 Å². The average molecular weight is 504 g/mol. The third-order valence-electron chi connectivity index (χ3n) is 6.28. The van der Waals surface area contributed by atoms with Crippen molar-refractivity contribution in [3.05, 3.63) is 64.5 Å². The molecule has 2 aromatic carbocycles. The van der Waals surface area contributed by atoms with Gasteiger partial charge in [-0.3, -0.25) is 19.3 Å². The zero-order valence-electron chi connectivity index (χ0n) is 20.2. The maximum absolute atomic E-state index is 13.6. The van der Waals surface area contributed by atoms with E-state index in [1.165, 1.54) is 9.80 Å². The molecule has 0 saturated heterocycles. The number of fused-ring (bicyclic) bond motifs is 2. The van der Waals surface area contributed by atoms with Crippen molar-refractivity contribution in [3.8, 4) is 22.8 Å². The summed E-state index contributed by atoms with van der Waals surface area (Å²) < 4.78 is 11.2. The molecule has 0 radical (unpaired) electrons. The molecule has 2 aliphatic heterocycles. The largest absolute Gasteiger partial charge is 0.482 e. The van der Waals surface area contributed by atoms with Crippen molar-refractivity contribution in [1.29, 1.82) is 0 Å². The molecule has 1 aromatic heterocycles. The second-order valence-electron chi connectivity index (χ2n) is 8.68. The molecule has 5 rings (SSSR count). The zero-order valence-corrected chi connectivity index (χ0v) is 21.1. The fourth-order valence-electron chi connectivity index (χ4n) is 4.58.